The molecular formula is C29H27N2+. The summed E-state index contributed by atoms with van der Waals surface area (Å²) in [6.07, 6.45) is 3.99. The Kier molecular flexibility index (Phi) is 3.80. The zero-order valence-corrected chi connectivity index (χ0v) is 18.9. The molecule has 1 aromatic heterocycles. The summed E-state index contributed by atoms with van der Waals surface area (Å²) in [5, 5.41) is 0. The summed E-state index contributed by atoms with van der Waals surface area (Å²) in [6.45, 7) is 8.84. The van der Waals surface area contributed by atoms with Crippen LogP contribution >= 0.6 is 0 Å². The highest BCUT2D eigenvalue weighted by atomic mass is 15.0. The Balaban J connectivity index is 1.56. The molecule has 2 aliphatic carbocycles. The molecule has 0 spiro atoms. The minimum Gasteiger partial charge on any atom is -0.232 e. The molecule has 0 bridgehead atoms. The van der Waals surface area contributed by atoms with Gasteiger partial charge in [0.2, 0.25) is 0 Å². The summed E-state index contributed by atoms with van der Waals surface area (Å²) in [5.41, 5.74) is 19.1. The number of hydrogen-bond acceptors (Lipinski definition) is 1. The Bertz CT molecular complexity index is 1430. The van der Waals surface area contributed by atoms with Gasteiger partial charge in [0.05, 0.1) is 12.6 Å². The molecule has 2 nitrogen and oxygen atoms in total. The number of hydrogen-bond donors (Lipinski definition) is 0. The van der Waals surface area contributed by atoms with Gasteiger partial charge in [-0.1, -0.05) is 41.5 Å². The van der Waals surface area contributed by atoms with E-state index in [0.717, 1.165) is 18.5 Å². The number of aromatic nitrogens is 2. The fourth-order valence-electron chi connectivity index (χ4n) is 5.68. The van der Waals surface area contributed by atoms with E-state index in [0.29, 0.717) is 0 Å². The minimum absolute atomic E-state index is 0.963. The van der Waals surface area contributed by atoms with Crippen molar-refractivity contribution in [2.24, 2.45) is 7.05 Å². The Hall–Kier alpha value is -3.26. The lowest BCUT2D eigenvalue weighted by atomic mass is 9.94. The van der Waals surface area contributed by atoms with E-state index < -0.39 is 0 Å². The van der Waals surface area contributed by atoms with Crippen LogP contribution in [0.15, 0.2) is 48.8 Å². The van der Waals surface area contributed by atoms with Gasteiger partial charge in [0.25, 0.3) is 6.33 Å². The SMILES string of the molecule is Cc1ccc2c(c1)-c1ccc3c(c1C2)Cc1c-3nc[n+](C)c1-c1cc(C)cc(C)c1C. The van der Waals surface area contributed by atoms with Gasteiger partial charge < -0.3 is 0 Å². The van der Waals surface area contributed by atoms with Crippen molar-refractivity contribution in [2.75, 3.05) is 0 Å². The lowest BCUT2D eigenvalue weighted by molar-refractivity contribution is -0.663. The standard InChI is InChI=1S/C29H27N2/c1-16-6-7-20-13-25-21(24(20)11-16)8-9-22-26(25)14-27-28(22)30-15-31(5)29(27)23-12-17(2)10-18(3)19(23)4/h6-12,15H,13-14H2,1-5H3/q+1. The van der Waals surface area contributed by atoms with Crippen molar-refractivity contribution in [3.05, 3.63) is 93.3 Å². The molecule has 0 N–H and O–H groups in total. The van der Waals surface area contributed by atoms with E-state index in [9.17, 15) is 0 Å². The average molecular weight is 404 g/mol. The van der Waals surface area contributed by atoms with Gasteiger partial charge in [-0.3, -0.25) is 0 Å². The average Bonchev–Trinajstić information content (AvgIpc) is 3.29. The van der Waals surface area contributed by atoms with Gasteiger partial charge in [-0.25, -0.2) is 4.57 Å². The molecule has 2 aliphatic rings. The summed E-state index contributed by atoms with van der Waals surface area (Å²) in [5.74, 6) is 0. The van der Waals surface area contributed by atoms with Crippen LogP contribution in [0.5, 0.6) is 0 Å². The fourth-order valence-corrected chi connectivity index (χ4v) is 5.68. The van der Waals surface area contributed by atoms with Gasteiger partial charge in [-0.05, 0) is 90.2 Å². The van der Waals surface area contributed by atoms with Crippen LogP contribution in [-0.4, -0.2) is 4.98 Å². The second kappa shape index (κ2) is 6.37. The summed E-state index contributed by atoms with van der Waals surface area (Å²) in [6, 6.07) is 16.1. The maximum Gasteiger partial charge on any atom is 0.287 e. The Morgan fingerprint density at radius 3 is 2.29 bits per heavy atom. The Labute approximate surface area is 184 Å². The number of nitrogens with zero attached hydrogens (tertiary/aromatic N) is 2. The van der Waals surface area contributed by atoms with Crippen LogP contribution in [0.25, 0.3) is 33.6 Å². The van der Waals surface area contributed by atoms with Gasteiger partial charge in [0, 0.05) is 17.5 Å². The van der Waals surface area contributed by atoms with E-state index in [2.05, 4.69) is 81.8 Å². The van der Waals surface area contributed by atoms with Crippen LogP contribution in [0, 0.1) is 27.7 Å². The predicted molar refractivity (Wildman–Crippen MR) is 126 cm³/mol. The van der Waals surface area contributed by atoms with Crippen molar-refractivity contribution in [2.45, 2.75) is 40.5 Å². The van der Waals surface area contributed by atoms with E-state index in [1.807, 2.05) is 6.33 Å². The van der Waals surface area contributed by atoms with Crippen LogP contribution in [0.4, 0.5) is 0 Å². The van der Waals surface area contributed by atoms with Crippen molar-refractivity contribution < 1.29 is 4.57 Å². The van der Waals surface area contributed by atoms with Gasteiger partial charge in [0.1, 0.15) is 5.69 Å². The molecule has 31 heavy (non-hydrogen) atoms. The molecule has 0 saturated carbocycles. The van der Waals surface area contributed by atoms with Crippen LogP contribution in [-0.2, 0) is 19.9 Å². The first-order valence-electron chi connectivity index (χ1n) is 11.1. The summed E-state index contributed by atoms with van der Waals surface area (Å²) in [7, 11) is 2.13. The largest absolute Gasteiger partial charge is 0.287 e. The van der Waals surface area contributed by atoms with Gasteiger partial charge in [0.15, 0.2) is 5.69 Å². The van der Waals surface area contributed by atoms with Crippen molar-refractivity contribution in [3.8, 4) is 33.6 Å². The highest BCUT2D eigenvalue weighted by molar-refractivity contribution is 5.87. The van der Waals surface area contributed by atoms with Gasteiger partial charge in [-0.2, -0.15) is 0 Å². The topological polar surface area (TPSA) is 16.8 Å². The zero-order valence-electron chi connectivity index (χ0n) is 18.9. The molecule has 4 aromatic rings. The molecule has 0 aliphatic heterocycles. The normalized spacial score (nSPS) is 13.1. The molecule has 0 unspecified atom stereocenters. The molecule has 0 amide bonds. The molecule has 152 valence electrons. The number of rotatable bonds is 1. The molecular weight excluding hydrogens is 376 g/mol. The van der Waals surface area contributed by atoms with Gasteiger partial charge in [-0.15, -0.1) is 0 Å². The number of fused-ring (bicyclic) bond motifs is 7. The number of benzene rings is 3. The molecule has 0 saturated heterocycles. The van der Waals surface area contributed by atoms with E-state index in [-0.39, 0.29) is 0 Å². The highest BCUT2D eigenvalue weighted by Crippen LogP contribution is 2.47. The molecule has 0 radical (unpaired) electrons. The molecule has 1 heterocycles. The van der Waals surface area contributed by atoms with Crippen LogP contribution in [0.3, 0.4) is 0 Å². The van der Waals surface area contributed by atoms with Crippen molar-refractivity contribution in [3.63, 3.8) is 0 Å². The van der Waals surface area contributed by atoms with E-state index >= 15 is 0 Å². The van der Waals surface area contributed by atoms with Crippen LogP contribution in [0.2, 0.25) is 0 Å². The second-order valence-electron chi connectivity index (χ2n) is 9.42. The highest BCUT2D eigenvalue weighted by Gasteiger charge is 2.34. The quantitative estimate of drug-likeness (QED) is 0.310. The molecule has 0 fully saturated rings. The maximum atomic E-state index is 4.91. The predicted octanol–water partition coefficient (Wildman–Crippen LogP) is 5.95. The molecule has 2 heteroatoms. The van der Waals surface area contributed by atoms with E-state index in [1.165, 1.54) is 72.5 Å². The van der Waals surface area contributed by atoms with Crippen LogP contribution < -0.4 is 4.57 Å². The number of aryl methyl sites for hydroxylation is 4. The van der Waals surface area contributed by atoms with Crippen molar-refractivity contribution in [1.29, 1.82) is 0 Å². The Morgan fingerprint density at radius 2 is 1.45 bits per heavy atom. The lowest BCUT2D eigenvalue weighted by Crippen LogP contribution is -2.33. The monoisotopic (exact) mass is 403 g/mol. The van der Waals surface area contributed by atoms with E-state index in [1.54, 1.807) is 0 Å². The third-order valence-electron chi connectivity index (χ3n) is 7.31. The third-order valence-corrected chi connectivity index (χ3v) is 7.31. The molecule has 6 rings (SSSR count). The van der Waals surface area contributed by atoms with Crippen molar-refractivity contribution >= 4 is 0 Å². The van der Waals surface area contributed by atoms with Gasteiger partial charge >= 0.3 is 0 Å². The smallest absolute Gasteiger partial charge is 0.232 e. The third kappa shape index (κ3) is 2.57. The summed E-state index contributed by atoms with van der Waals surface area (Å²) < 4.78 is 2.21. The van der Waals surface area contributed by atoms with Crippen LogP contribution in [0.1, 0.15) is 44.5 Å². The first kappa shape index (κ1) is 18.5. The lowest BCUT2D eigenvalue weighted by Gasteiger charge is -2.13. The minimum atomic E-state index is 0.963. The molecule has 0 atom stereocenters. The zero-order chi connectivity index (χ0) is 21.4. The summed E-state index contributed by atoms with van der Waals surface area (Å²) in [4.78, 5) is 4.91. The first-order chi connectivity index (χ1) is 14.9. The second-order valence-corrected chi connectivity index (χ2v) is 9.42. The molecule has 3 aromatic carbocycles. The maximum absolute atomic E-state index is 4.91. The fraction of sp³-hybridized carbons (Fsp3) is 0.241. The first-order valence-corrected chi connectivity index (χ1v) is 11.1. The van der Waals surface area contributed by atoms with E-state index in [4.69, 9.17) is 4.98 Å². The summed E-state index contributed by atoms with van der Waals surface area (Å²) >= 11 is 0. The van der Waals surface area contributed by atoms with Crippen molar-refractivity contribution in [1.82, 2.24) is 4.98 Å². The Morgan fingerprint density at radius 1 is 0.710 bits per heavy atom.